The minimum Gasteiger partial charge on any atom is -0.385 e. The Labute approximate surface area is 91.0 Å². The van der Waals surface area contributed by atoms with Gasteiger partial charge in [-0.05, 0) is 6.92 Å². The highest BCUT2D eigenvalue weighted by Crippen LogP contribution is 2.25. The number of hydrogen-bond donors (Lipinski definition) is 2. The average molecular weight is 215 g/mol. The van der Waals surface area contributed by atoms with Crippen molar-refractivity contribution in [3.8, 4) is 0 Å². The highest BCUT2D eigenvalue weighted by Gasteiger charge is 2.40. The molecular formula is C11H21NO3. The molecule has 1 aliphatic rings. The molecule has 1 saturated heterocycles. The first-order valence-corrected chi connectivity index (χ1v) is 5.38. The van der Waals surface area contributed by atoms with Crippen LogP contribution in [0.1, 0.15) is 34.1 Å². The zero-order chi connectivity index (χ0) is 11.7. The summed E-state index contributed by atoms with van der Waals surface area (Å²) < 4.78 is 5.29. The lowest BCUT2D eigenvalue weighted by Gasteiger charge is -2.28. The second-order valence-corrected chi connectivity index (χ2v) is 5.30. The molecule has 0 aromatic heterocycles. The van der Waals surface area contributed by atoms with E-state index in [4.69, 9.17) is 4.74 Å². The van der Waals surface area contributed by atoms with Crippen LogP contribution >= 0.6 is 0 Å². The standard InChI is InChI=1S/C11H21NO3/c1-8-11(14,5-6-15-8)7-12-9(13)10(2,3)4/h8,14H,5-7H2,1-4H3,(H,12,13). The molecule has 0 spiro atoms. The van der Waals surface area contributed by atoms with Gasteiger partial charge >= 0.3 is 0 Å². The summed E-state index contributed by atoms with van der Waals surface area (Å²) in [6, 6.07) is 0. The summed E-state index contributed by atoms with van der Waals surface area (Å²) in [5.41, 5.74) is -1.32. The number of amides is 1. The Morgan fingerprint density at radius 1 is 1.60 bits per heavy atom. The van der Waals surface area contributed by atoms with Crippen molar-refractivity contribution >= 4 is 5.91 Å². The monoisotopic (exact) mass is 215 g/mol. The molecule has 0 radical (unpaired) electrons. The highest BCUT2D eigenvalue weighted by molar-refractivity contribution is 5.81. The van der Waals surface area contributed by atoms with Gasteiger partial charge in [0.25, 0.3) is 0 Å². The lowest BCUT2D eigenvalue weighted by Crippen LogP contribution is -2.49. The zero-order valence-corrected chi connectivity index (χ0v) is 9.96. The van der Waals surface area contributed by atoms with Crippen molar-refractivity contribution in [2.75, 3.05) is 13.2 Å². The fraction of sp³-hybridized carbons (Fsp3) is 0.909. The molecule has 0 aliphatic carbocycles. The van der Waals surface area contributed by atoms with Gasteiger partial charge in [0.05, 0.1) is 6.10 Å². The van der Waals surface area contributed by atoms with Gasteiger partial charge in [-0.2, -0.15) is 0 Å². The third-order valence-electron chi connectivity index (χ3n) is 2.90. The van der Waals surface area contributed by atoms with Gasteiger partial charge in [0.15, 0.2) is 0 Å². The summed E-state index contributed by atoms with van der Waals surface area (Å²) in [6.45, 7) is 8.20. The number of rotatable bonds is 2. The molecule has 0 aromatic rings. The molecule has 15 heavy (non-hydrogen) atoms. The molecule has 1 fully saturated rings. The second-order valence-electron chi connectivity index (χ2n) is 5.30. The van der Waals surface area contributed by atoms with E-state index in [2.05, 4.69) is 5.32 Å². The van der Waals surface area contributed by atoms with E-state index in [-0.39, 0.29) is 18.6 Å². The molecule has 1 aliphatic heterocycles. The molecule has 1 amide bonds. The number of carbonyl (C=O) groups excluding carboxylic acids is 1. The number of nitrogens with one attached hydrogen (secondary N) is 1. The molecule has 0 bridgehead atoms. The van der Waals surface area contributed by atoms with Crippen molar-refractivity contribution < 1.29 is 14.6 Å². The Kier molecular flexibility index (Phi) is 3.41. The first-order valence-electron chi connectivity index (χ1n) is 5.38. The smallest absolute Gasteiger partial charge is 0.225 e. The molecule has 88 valence electrons. The summed E-state index contributed by atoms with van der Waals surface area (Å²) >= 11 is 0. The third kappa shape index (κ3) is 2.92. The largest absolute Gasteiger partial charge is 0.385 e. The van der Waals surface area contributed by atoms with Crippen molar-refractivity contribution in [1.82, 2.24) is 5.32 Å². The number of ether oxygens (including phenoxy) is 1. The van der Waals surface area contributed by atoms with E-state index in [1.165, 1.54) is 0 Å². The van der Waals surface area contributed by atoms with E-state index in [1.807, 2.05) is 27.7 Å². The van der Waals surface area contributed by atoms with Crippen LogP contribution in [0.5, 0.6) is 0 Å². The maximum absolute atomic E-state index is 11.6. The maximum atomic E-state index is 11.6. The van der Waals surface area contributed by atoms with Gasteiger partial charge < -0.3 is 15.2 Å². The van der Waals surface area contributed by atoms with Gasteiger partial charge in [-0.1, -0.05) is 20.8 Å². The Hall–Kier alpha value is -0.610. The lowest BCUT2D eigenvalue weighted by molar-refractivity contribution is -0.130. The first-order chi connectivity index (χ1) is 6.76. The second kappa shape index (κ2) is 4.10. The molecule has 2 unspecified atom stereocenters. The van der Waals surface area contributed by atoms with Crippen LogP contribution in [0.4, 0.5) is 0 Å². The van der Waals surface area contributed by atoms with Crippen molar-refractivity contribution in [3.05, 3.63) is 0 Å². The van der Waals surface area contributed by atoms with Gasteiger partial charge in [-0.15, -0.1) is 0 Å². The minimum absolute atomic E-state index is 0.0463. The van der Waals surface area contributed by atoms with Gasteiger partial charge in [-0.3, -0.25) is 4.79 Å². The SMILES string of the molecule is CC1OCCC1(O)CNC(=O)C(C)(C)C. The Morgan fingerprint density at radius 3 is 2.60 bits per heavy atom. The third-order valence-corrected chi connectivity index (χ3v) is 2.90. The topological polar surface area (TPSA) is 58.6 Å². The Balaban J connectivity index is 2.47. The molecule has 0 saturated carbocycles. The van der Waals surface area contributed by atoms with Crippen LogP contribution in [0.3, 0.4) is 0 Å². The number of carbonyl (C=O) groups is 1. The van der Waals surface area contributed by atoms with E-state index >= 15 is 0 Å². The van der Waals surface area contributed by atoms with Crippen LogP contribution in [-0.4, -0.2) is 35.9 Å². The van der Waals surface area contributed by atoms with E-state index < -0.39 is 11.0 Å². The first kappa shape index (κ1) is 12.5. The van der Waals surface area contributed by atoms with Gasteiger partial charge in [0.1, 0.15) is 5.60 Å². The Bertz CT molecular complexity index is 247. The summed E-state index contributed by atoms with van der Waals surface area (Å²) in [6.07, 6.45) is 0.372. The molecule has 1 rings (SSSR count). The molecule has 0 aromatic carbocycles. The average Bonchev–Trinajstić information content (AvgIpc) is 2.42. The minimum atomic E-state index is -0.902. The quantitative estimate of drug-likeness (QED) is 0.712. The predicted molar refractivity (Wildman–Crippen MR) is 57.4 cm³/mol. The fourth-order valence-corrected chi connectivity index (χ4v) is 1.50. The van der Waals surface area contributed by atoms with Crippen molar-refractivity contribution in [2.24, 2.45) is 5.41 Å². The summed E-state index contributed by atoms with van der Waals surface area (Å²) in [5, 5.41) is 12.9. The highest BCUT2D eigenvalue weighted by atomic mass is 16.5. The molecule has 4 heteroatoms. The van der Waals surface area contributed by atoms with E-state index in [0.717, 1.165) is 0 Å². The van der Waals surface area contributed by atoms with Gasteiger partial charge in [-0.25, -0.2) is 0 Å². The van der Waals surface area contributed by atoms with Crippen LogP contribution < -0.4 is 5.32 Å². The van der Waals surface area contributed by atoms with Gasteiger partial charge in [0.2, 0.25) is 5.91 Å². The molecule has 2 atom stereocenters. The Morgan fingerprint density at radius 2 is 2.20 bits per heavy atom. The molecular weight excluding hydrogens is 194 g/mol. The van der Waals surface area contributed by atoms with E-state index in [0.29, 0.717) is 13.0 Å². The summed E-state index contributed by atoms with van der Waals surface area (Å²) in [5.74, 6) is -0.0463. The van der Waals surface area contributed by atoms with Crippen LogP contribution in [0.15, 0.2) is 0 Å². The molecule has 4 nitrogen and oxygen atoms in total. The van der Waals surface area contributed by atoms with Crippen LogP contribution in [0.25, 0.3) is 0 Å². The van der Waals surface area contributed by atoms with Crippen molar-refractivity contribution in [2.45, 2.75) is 45.8 Å². The zero-order valence-electron chi connectivity index (χ0n) is 9.96. The normalized spacial score (nSPS) is 31.7. The van der Waals surface area contributed by atoms with Crippen molar-refractivity contribution in [1.29, 1.82) is 0 Å². The van der Waals surface area contributed by atoms with Crippen molar-refractivity contribution in [3.63, 3.8) is 0 Å². The lowest BCUT2D eigenvalue weighted by atomic mass is 9.93. The maximum Gasteiger partial charge on any atom is 0.225 e. The summed E-state index contributed by atoms with van der Waals surface area (Å²) in [7, 11) is 0. The number of aliphatic hydroxyl groups is 1. The molecule has 2 N–H and O–H groups in total. The van der Waals surface area contributed by atoms with Gasteiger partial charge in [0, 0.05) is 25.0 Å². The van der Waals surface area contributed by atoms with E-state index in [9.17, 15) is 9.90 Å². The fourth-order valence-electron chi connectivity index (χ4n) is 1.50. The van der Waals surface area contributed by atoms with Crippen LogP contribution in [0, 0.1) is 5.41 Å². The number of hydrogen-bond acceptors (Lipinski definition) is 3. The predicted octanol–water partition coefficient (Wildman–Crippen LogP) is 0.689. The van der Waals surface area contributed by atoms with Crippen LogP contribution in [-0.2, 0) is 9.53 Å². The molecule has 1 heterocycles. The van der Waals surface area contributed by atoms with Crippen LogP contribution in [0.2, 0.25) is 0 Å². The van der Waals surface area contributed by atoms with E-state index in [1.54, 1.807) is 0 Å². The summed E-state index contributed by atoms with van der Waals surface area (Å²) in [4.78, 5) is 11.6.